The number of fused-ring (bicyclic) bond motifs is 1. The van der Waals surface area contributed by atoms with Gasteiger partial charge in [0.15, 0.2) is 0 Å². The number of benzene rings is 2. The van der Waals surface area contributed by atoms with Gasteiger partial charge in [-0.05, 0) is 49.8 Å². The van der Waals surface area contributed by atoms with E-state index in [2.05, 4.69) is 13.2 Å². The van der Waals surface area contributed by atoms with Crippen molar-refractivity contribution in [1.82, 2.24) is 0 Å². The lowest BCUT2D eigenvalue weighted by molar-refractivity contribution is 0.242. The van der Waals surface area contributed by atoms with Crippen LogP contribution < -0.4 is 9.47 Å². The van der Waals surface area contributed by atoms with E-state index in [0.717, 1.165) is 16.9 Å². The molecule has 0 fully saturated rings. The first kappa shape index (κ1) is 21.3. The summed E-state index contributed by atoms with van der Waals surface area (Å²) in [5, 5.41) is 18.5. The van der Waals surface area contributed by atoms with E-state index in [0.29, 0.717) is 17.1 Å². The minimum absolute atomic E-state index is 0.0619. The van der Waals surface area contributed by atoms with Gasteiger partial charge in [0.05, 0.1) is 6.10 Å². The molecule has 1 aliphatic heterocycles. The second kappa shape index (κ2) is 10.3. The van der Waals surface area contributed by atoms with Crippen LogP contribution >= 0.6 is 0 Å². The van der Waals surface area contributed by atoms with Gasteiger partial charge in [-0.2, -0.15) is 10.5 Å². The molecule has 4 heteroatoms. The van der Waals surface area contributed by atoms with Crippen LogP contribution in [0.1, 0.15) is 25.0 Å². The predicted octanol–water partition coefficient (Wildman–Crippen LogP) is 6.07. The van der Waals surface area contributed by atoms with E-state index in [-0.39, 0.29) is 11.7 Å². The molecule has 1 aliphatic rings. The summed E-state index contributed by atoms with van der Waals surface area (Å²) in [6, 6.07) is 19.0. The first-order valence-corrected chi connectivity index (χ1v) is 9.09. The van der Waals surface area contributed by atoms with E-state index in [4.69, 9.17) is 9.47 Å². The van der Waals surface area contributed by atoms with Crippen LogP contribution in [0.15, 0.2) is 85.2 Å². The molecule has 2 aromatic rings. The lowest BCUT2D eigenvalue weighted by Crippen LogP contribution is -2.05. The highest BCUT2D eigenvalue weighted by Crippen LogP contribution is 2.35. The Morgan fingerprint density at radius 1 is 1.00 bits per heavy atom. The zero-order valence-electron chi connectivity index (χ0n) is 16.6. The second-order valence-corrected chi connectivity index (χ2v) is 6.23. The maximum absolute atomic E-state index is 9.26. The molecule has 0 spiro atoms. The van der Waals surface area contributed by atoms with Crippen LogP contribution in [-0.4, -0.2) is 6.10 Å². The van der Waals surface area contributed by atoms with E-state index >= 15 is 0 Å². The summed E-state index contributed by atoms with van der Waals surface area (Å²) in [5.41, 5.74) is 2.36. The van der Waals surface area contributed by atoms with Gasteiger partial charge in [-0.25, -0.2) is 0 Å². The lowest BCUT2D eigenvalue weighted by Gasteiger charge is -2.18. The summed E-state index contributed by atoms with van der Waals surface area (Å²) < 4.78 is 11.5. The average molecular weight is 382 g/mol. The van der Waals surface area contributed by atoms with E-state index in [1.165, 1.54) is 0 Å². The standard InChI is InChI=1S/C23H18N2O2.C2H4/c1-16(2)26-19-10-7-17(8-11-19)9-12-20-13-22(18(14-24)15-25)21-5-3-4-6-23(21)27-20;1-2/h3-13,16H,1-2H3;1-2H2/b12-9+;. The van der Waals surface area contributed by atoms with Crippen molar-refractivity contribution in [2.24, 2.45) is 0 Å². The van der Waals surface area contributed by atoms with Crippen molar-refractivity contribution in [3.63, 3.8) is 0 Å². The van der Waals surface area contributed by atoms with E-state index in [1.54, 1.807) is 6.08 Å². The number of hydrogen-bond donors (Lipinski definition) is 0. The van der Waals surface area contributed by atoms with Gasteiger partial charge in [0.2, 0.25) is 0 Å². The molecule has 0 unspecified atom stereocenters. The molecule has 0 amide bonds. The highest BCUT2D eigenvalue weighted by atomic mass is 16.5. The first-order valence-electron chi connectivity index (χ1n) is 9.09. The number of para-hydroxylation sites is 1. The largest absolute Gasteiger partial charge is 0.491 e. The Kier molecular flexibility index (Phi) is 7.59. The van der Waals surface area contributed by atoms with Crippen LogP contribution in [0.25, 0.3) is 11.6 Å². The summed E-state index contributed by atoms with van der Waals surface area (Å²) in [5.74, 6) is 2.01. The van der Waals surface area contributed by atoms with E-state index in [9.17, 15) is 10.5 Å². The SMILES string of the molecule is C=C.CC(C)Oc1ccc(/C=C/C2=CC(=C(C#N)C#N)c3ccccc3O2)cc1. The quantitative estimate of drug-likeness (QED) is 0.476. The molecule has 0 saturated carbocycles. The highest BCUT2D eigenvalue weighted by molar-refractivity contribution is 5.87. The van der Waals surface area contributed by atoms with Crippen molar-refractivity contribution in [2.45, 2.75) is 20.0 Å². The molecule has 4 nitrogen and oxygen atoms in total. The van der Waals surface area contributed by atoms with Crippen molar-refractivity contribution >= 4 is 11.6 Å². The predicted molar refractivity (Wildman–Crippen MR) is 116 cm³/mol. The zero-order chi connectivity index (χ0) is 21.2. The van der Waals surface area contributed by atoms with Gasteiger partial charge in [-0.15, -0.1) is 13.2 Å². The molecule has 0 saturated heterocycles. The molecule has 0 atom stereocenters. The van der Waals surface area contributed by atoms with Gasteiger partial charge in [0, 0.05) is 11.1 Å². The monoisotopic (exact) mass is 382 g/mol. The lowest BCUT2D eigenvalue weighted by atomic mass is 9.97. The number of ether oxygens (including phenoxy) is 2. The maximum atomic E-state index is 9.26. The van der Waals surface area contributed by atoms with Gasteiger partial charge >= 0.3 is 0 Å². The maximum Gasteiger partial charge on any atom is 0.137 e. The van der Waals surface area contributed by atoms with Crippen molar-refractivity contribution in [3.8, 4) is 23.6 Å². The summed E-state index contributed by atoms with van der Waals surface area (Å²) >= 11 is 0. The van der Waals surface area contributed by atoms with Crippen LogP contribution in [0.2, 0.25) is 0 Å². The zero-order valence-corrected chi connectivity index (χ0v) is 16.6. The molecular formula is C25H22N2O2. The molecule has 144 valence electrons. The van der Waals surface area contributed by atoms with Crippen molar-refractivity contribution in [2.75, 3.05) is 0 Å². The number of nitriles is 2. The Labute approximate surface area is 171 Å². The van der Waals surface area contributed by atoms with Gasteiger partial charge < -0.3 is 9.47 Å². The fourth-order valence-electron chi connectivity index (χ4n) is 2.70. The minimum Gasteiger partial charge on any atom is -0.491 e. The van der Waals surface area contributed by atoms with E-state index < -0.39 is 0 Å². The van der Waals surface area contributed by atoms with Gasteiger partial charge in [0.1, 0.15) is 35.0 Å². The van der Waals surface area contributed by atoms with Crippen LogP contribution in [-0.2, 0) is 0 Å². The Balaban J connectivity index is 0.00000145. The number of allylic oxidation sites excluding steroid dienone is 4. The van der Waals surface area contributed by atoms with Gasteiger partial charge in [-0.1, -0.05) is 36.4 Å². The molecule has 0 aromatic heterocycles. The van der Waals surface area contributed by atoms with Crippen LogP contribution in [0, 0.1) is 22.7 Å². The van der Waals surface area contributed by atoms with Crippen molar-refractivity contribution in [1.29, 1.82) is 10.5 Å². The average Bonchev–Trinajstić information content (AvgIpc) is 2.75. The molecule has 0 N–H and O–H groups in total. The summed E-state index contributed by atoms with van der Waals surface area (Å²) in [6.45, 7) is 9.97. The molecule has 0 aliphatic carbocycles. The summed E-state index contributed by atoms with van der Waals surface area (Å²) in [4.78, 5) is 0. The van der Waals surface area contributed by atoms with Crippen LogP contribution in [0.4, 0.5) is 0 Å². The first-order chi connectivity index (χ1) is 14.1. The fourth-order valence-corrected chi connectivity index (χ4v) is 2.70. The van der Waals surface area contributed by atoms with E-state index in [1.807, 2.05) is 86.7 Å². The third kappa shape index (κ3) is 5.48. The Bertz CT molecular complexity index is 1010. The number of hydrogen-bond acceptors (Lipinski definition) is 4. The topological polar surface area (TPSA) is 66.0 Å². The Morgan fingerprint density at radius 3 is 2.28 bits per heavy atom. The smallest absolute Gasteiger partial charge is 0.137 e. The third-order valence-corrected chi connectivity index (χ3v) is 3.88. The number of nitrogens with zero attached hydrogens (tertiary/aromatic N) is 2. The third-order valence-electron chi connectivity index (χ3n) is 3.88. The van der Waals surface area contributed by atoms with Crippen LogP contribution in [0.3, 0.4) is 0 Å². The van der Waals surface area contributed by atoms with Crippen molar-refractivity contribution < 1.29 is 9.47 Å². The summed E-state index contributed by atoms with van der Waals surface area (Å²) in [7, 11) is 0. The summed E-state index contributed by atoms with van der Waals surface area (Å²) in [6.07, 6.45) is 5.58. The van der Waals surface area contributed by atoms with Gasteiger partial charge in [0.25, 0.3) is 0 Å². The molecule has 0 bridgehead atoms. The molecule has 29 heavy (non-hydrogen) atoms. The number of rotatable bonds is 4. The van der Waals surface area contributed by atoms with Gasteiger partial charge in [-0.3, -0.25) is 0 Å². The molecule has 2 aromatic carbocycles. The fraction of sp³-hybridized carbons (Fsp3) is 0.120. The molecule has 3 rings (SSSR count). The minimum atomic E-state index is 0.0619. The highest BCUT2D eigenvalue weighted by Gasteiger charge is 2.18. The normalized spacial score (nSPS) is 11.9. The van der Waals surface area contributed by atoms with Crippen LogP contribution in [0.5, 0.6) is 11.5 Å². The second-order valence-electron chi connectivity index (χ2n) is 6.23. The van der Waals surface area contributed by atoms with Crippen molar-refractivity contribution in [3.05, 3.63) is 96.3 Å². The Hall–Kier alpha value is -4.02. The Morgan fingerprint density at radius 2 is 1.66 bits per heavy atom. The molecular weight excluding hydrogens is 360 g/mol. The molecule has 0 radical (unpaired) electrons. The molecule has 1 heterocycles.